The van der Waals surface area contributed by atoms with E-state index in [4.69, 9.17) is 4.74 Å². The first-order chi connectivity index (χ1) is 17.7. The number of methoxy groups -OCH3 is 1. The molecule has 0 unspecified atom stereocenters. The second kappa shape index (κ2) is 9.79. The smallest absolute Gasteiger partial charge is 0.333 e. The molecule has 1 aromatic carbocycles. The van der Waals surface area contributed by atoms with Gasteiger partial charge in [0.1, 0.15) is 0 Å². The Hall–Kier alpha value is -3.44. The van der Waals surface area contributed by atoms with E-state index < -0.39 is 16.1 Å². The quantitative estimate of drug-likeness (QED) is 0.464. The standard InChI is InChI=1S/C26H32N6O4S/c1-26(2,17-31-13-5-14-31)32-15-11-23(29-32)37(34,35)30-25(33)28-24-20-7-4-6-18(20)8-9-21(24)19-10-12-27-22(16-19)36-3/h8-12,15-16H,4-7,13-14,17H2,1-3H3,(H2,28,30,33). The average molecular weight is 525 g/mol. The van der Waals surface area contributed by atoms with E-state index in [-0.39, 0.29) is 10.6 Å². The van der Waals surface area contributed by atoms with Gasteiger partial charge in [-0.2, -0.15) is 13.5 Å². The van der Waals surface area contributed by atoms with E-state index in [1.54, 1.807) is 30.3 Å². The molecule has 2 amide bonds. The molecule has 37 heavy (non-hydrogen) atoms. The molecule has 1 fully saturated rings. The first-order valence-corrected chi connectivity index (χ1v) is 13.9. The number of ether oxygens (including phenoxy) is 1. The van der Waals surface area contributed by atoms with Crippen LogP contribution in [0.4, 0.5) is 10.5 Å². The zero-order valence-corrected chi connectivity index (χ0v) is 22.1. The number of pyridine rings is 1. The Morgan fingerprint density at radius 1 is 1.14 bits per heavy atom. The third-order valence-corrected chi connectivity index (χ3v) is 8.25. The van der Waals surface area contributed by atoms with Crippen molar-refractivity contribution < 1.29 is 17.9 Å². The molecule has 10 nitrogen and oxygen atoms in total. The van der Waals surface area contributed by atoms with Crippen LogP contribution in [0.2, 0.25) is 0 Å². The van der Waals surface area contributed by atoms with Crippen molar-refractivity contribution in [3.8, 4) is 17.0 Å². The Bertz CT molecular complexity index is 1430. The fourth-order valence-corrected chi connectivity index (χ4v) is 5.83. The topological polar surface area (TPSA) is 118 Å². The van der Waals surface area contributed by atoms with Crippen molar-refractivity contribution >= 4 is 21.7 Å². The lowest BCUT2D eigenvalue weighted by Crippen LogP contribution is -2.47. The molecule has 2 aromatic heterocycles. The van der Waals surface area contributed by atoms with Crippen LogP contribution in [0, 0.1) is 0 Å². The fraction of sp³-hybridized carbons (Fsp3) is 0.423. The van der Waals surface area contributed by atoms with Crippen molar-refractivity contribution in [2.75, 3.05) is 32.1 Å². The van der Waals surface area contributed by atoms with Crippen molar-refractivity contribution in [3.05, 3.63) is 53.9 Å². The number of benzene rings is 1. The summed E-state index contributed by atoms with van der Waals surface area (Å²) in [6.07, 6.45) is 7.13. The predicted octanol–water partition coefficient (Wildman–Crippen LogP) is 3.39. The lowest BCUT2D eigenvalue weighted by atomic mass is 9.98. The van der Waals surface area contributed by atoms with Crippen molar-refractivity contribution in [1.82, 2.24) is 24.4 Å². The van der Waals surface area contributed by atoms with Gasteiger partial charge in [0.25, 0.3) is 10.0 Å². The van der Waals surface area contributed by atoms with Crippen LogP contribution in [0.15, 0.2) is 47.8 Å². The number of carbonyl (C=O) groups excluding carboxylic acids is 1. The molecule has 0 atom stereocenters. The normalized spacial score (nSPS) is 15.6. The molecule has 11 heteroatoms. The number of carbonyl (C=O) groups is 1. The Balaban J connectivity index is 1.37. The van der Waals surface area contributed by atoms with Crippen molar-refractivity contribution in [3.63, 3.8) is 0 Å². The number of urea groups is 1. The van der Waals surface area contributed by atoms with Crippen LogP contribution < -0.4 is 14.8 Å². The molecule has 3 aromatic rings. The maximum atomic E-state index is 13.1. The summed E-state index contributed by atoms with van der Waals surface area (Å²) in [5.41, 5.74) is 3.94. The average Bonchev–Trinajstić information content (AvgIpc) is 3.52. The van der Waals surface area contributed by atoms with Gasteiger partial charge < -0.3 is 15.0 Å². The number of sulfonamides is 1. The molecular formula is C26H32N6O4S. The first kappa shape index (κ1) is 25.2. The highest BCUT2D eigenvalue weighted by Crippen LogP contribution is 2.38. The van der Waals surface area contributed by atoms with Crippen LogP contribution in [0.25, 0.3) is 11.1 Å². The minimum atomic E-state index is -4.18. The number of aryl methyl sites for hydroxylation is 1. The summed E-state index contributed by atoms with van der Waals surface area (Å²) in [4.78, 5) is 19.5. The van der Waals surface area contributed by atoms with Gasteiger partial charge in [0, 0.05) is 30.6 Å². The van der Waals surface area contributed by atoms with Gasteiger partial charge in [-0.05, 0) is 81.4 Å². The highest BCUT2D eigenvalue weighted by molar-refractivity contribution is 7.90. The molecule has 1 aliphatic heterocycles. The summed E-state index contributed by atoms with van der Waals surface area (Å²) in [6.45, 7) is 6.87. The molecule has 1 aliphatic carbocycles. The molecule has 0 spiro atoms. The third kappa shape index (κ3) is 5.19. The van der Waals surface area contributed by atoms with Gasteiger partial charge in [0.2, 0.25) is 5.88 Å². The summed E-state index contributed by atoms with van der Waals surface area (Å²) in [5.74, 6) is 0.448. The van der Waals surface area contributed by atoms with E-state index in [1.165, 1.54) is 12.5 Å². The number of hydrogen-bond donors (Lipinski definition) is 2. The van der Waals surface area contributed by atoms with Crippen LogP contribution in [0.1, 0.15) is 37.8 Å². The minimum Gasteiger partial charge on any atom is -0.481 e. The molecule has 1 saturated heterocycles. The summed E-state index contributed by atoms with van der Waals surface area (Å²) < 4.78 is 35.2. The monoisotopic (exact) mass is 524 g/mol. The fourth-order valence-electron chi connectivity index (χ4n) is 5.00. The van der Waals surface area contributed by atoms with Gasteiger partial charge in [-0.25, -0.2) is 14.5 Å². The lowest BCUT2D eigenvalue weighted by molar-refractivity contribution is 0.112. The summed E-state index contributed by atoms with van der Waals surface area (Å²) in [7, 11) is -2.64. The van der Waals surface area contributed by atoms with Crippen LogP contribution >= 0.6 is 0 Å². The van der Waals surface area contributed by atoms with Gasteiger partial charge in [0.15, 0.2) is 5.03 Å². The largest absolute Gasteiger partial charge is 0.481 e. The molecule has 196 valence electrons. The van der Waals surface area contributed by atoms with E-state index in [2.05, 4.69) is 31.1 Å². The van der Waals surface area contributed by atoms with Gasteiger partial charge in [0.05, 0.1) is 18.3 Å². The SMILES string of the molecule is COc1cc(-c2ccc3c(c2NC(=O)NS(=O)(=O)c2ccn(C(C)(C)CN4CCC4)n2)CCC3)ccn1. The van der Waals surface area contributed by atoms with E-state index >= 15 is 0 Å². The van der Waals surface area contributed by atoms with Crippen molar-refractivity contribution in [1.29, 1.82) is 0 Å². The third-order valence-electron chi connectivity index (χ3n) is 7.02. The van der Waals surface area contributed by atoms with Crippen molar-refractivity contribution in [2.45, 2.75) is 50.1 Å². The van der Waals surface area contributed by atoms with Crippen LogP contribution in [0.5, 0.6) is 5.88 Å². The molecule has 3 heterocycles. The number of hydrogen-bond acceptors (Lipinski definition) is 7. The molecule has 2 N–H and O–H groups in total. The maximum Gasteiger partial charge on any atom is 0.333 e. The molecule has 5 rings (SSSR count). The lowest BCUT2D eigenvalue weighted by Gasteiger charge is -2.38. The first-order valence-electron chi connectivity index (χ1n) is 12.4. The molecule has 0 radical (unpaired) electrons. The van der Waals surface area contributed by atoms with Crippen molar-refractivity contribution in [2.24, 2.45) is 0 Å². The van der Waals surface area contributed by atoms with E-state index in [1.807, 2.05) is 26.0 Å². The second-order valence-corrected chi connectivity index (χ2v) is 11.8. The van der Waals surface area contributed by atoms with Gasteiger partial charge >= 0.3 is 6.03 Å². The Morgan fingerprint density at radius 2 is 1.95 bits per heavy atom. The summed E-state index contributed by atoms with van der Waals surface area (Å²) in [6, 6.07) is 8.18. The van der Waals surface area contributed by atoms with Gasteiger partial charge in [-0.15, -0.1) is 0 Å². The maximum absolute atomic E-state index is 13.1. The van der Waals surface area contributed by atoms with Crippen LogP contribution in [-0.4, -0.2) is 60.9 Å². The van der Waals surface area contributed by atoms with Gasteiger partial charge in [-0.3, -0.25) is 4.68 Å². The number of aromatic nitrogens is 3. The number of amides is 2. The molecule has 2 aliphatic rings. The number of anilines is 1. The number of likely N-dealkylation sites (tertiary alicyclic amines) is 1. The Morgan fingerprint density at radius 3 is 2.68 bits per heavy atom. The molecule has 0 saturated carbocycles. The highest BCUT2D eigenvalue weighted by Gasteiger charge is 2.30. The zero-order chi connectivity index (χ0) is 26.2. The Kier molecular flexibility index (Phi) is 6.67. The number of nitrogens with zero attached hydrogens (tertiary/aromatic N) is 4. The van der Waals surface area contributed by atoms with Crippen LogP contribution in [0.3, 0.4) is 0 Å². The molecular weight excluding hydrogens is 492 g/mol. The zero-order valence-electron chi connectivity index (χ0n) is 21.3. The van der Waals surface area contributed by atoms with Gasteiger partial charge in [-0.1, -0.05) is 12.1 Å². The molecule has 0 bridgehead atoms. The minimum absolute atomic E-state index is 0.197. The summed E-state index contributed by atoms with van der Waals surface area (Å²) in [5, 5.41) is 6.93. The second-order valence-electron chi connectivity index (χ2n) is 10.2. The number of nitrogens with one attached hydrogen (secondary N) is 2. The number of fused-ring (bicyclic) bond motifs is 1. The summed E-state index contributed by atoms with van der Waals surface area (Å²) >= 11 is 0. The predicted molar refractivity (Wildman–Crippen MR) is 140 cm³/mol. The number of rotatable bonds is 8. The highest BCUT2D eigenvalue weighted by atomic mass is 32.2. The Labute approximate surface area is 217 Å². The van der Waals surface area contributed by atoms with E-state index in [0.717, 1.165) is 61.2 Å². The van der Waals surface area contributed by atoms with E-state index in [0.29, 0.717) is 11.6 Å². The van der Waals surface area contributed by atoms with Crippen LogP contribution in [-0.2, 0) is 28.4 Å². The van der Waals surface area contributed by atoms with E-state index in [9.17, 15) is 13.2 Å².